The van der Waals surface area contributed by atoms with Gasteiger partial charge in [0.05, 0.1) is 5.75 Å². The maximum Gasteiger partial charge on any atom is 0.371 e. The molecular formula is C11H17NO7S2. The van der Waals surface area contributed by atoms with E-state index < -0.39 is 37.6 Å². The zero-order valence-electron chi connectivity index (χ0n) is 11.8. The summed E-state index contributed by atoms with van der Waals surface area (Å²) in [6, 6.07) is 0.0642. The van der Waals surface area contributed by atoms with Gasteiger partial charge in [-0.05, 0) is 6.92 Å². The van der Waals surface area contributed by atoms with Crippen molar-refractivity contribution in [2.75, 3.05) is 12.0 Å². The molecule has 1 rings (SSSR count). The molecule has 120 valence electrons. The molecule has 0 bridgehead atoms. The smallest absolute Gasteiger partial charge is 0.371 e. The molecule has 1 heterocycles. The van der Waals surface area contributed by atoms with Gasteiger partial charge in [0.25, 0.3) is 0 Å². The Kier molecular flexibility index (Phi) is 5.18. The summed E-state index contributed by atoms with van der Waals surface area (Å²) < 4.78 is 53.8. The Morgan fingerprint density at radius 3 is 2.38 bits per heavy atom. The van der Waals surface area contributed by atoms with Crippen LogP contribution in [0.2, 0.25) is 0 Å². The molecule has 0 saturated heterocycles. The molecule has 0 spiro atoms. The van der Waals surface area contributed by atoms with Crippen molar-refractivity contribution in [1.29, 1.82) is 0 Å². The number of carbonyl (C=O) groups is 1. The van der Waals surface area contributed by atoms with Gasteiger partial charge < -0.3 is 9.52 Å². The zero-order valence-corrected chi connectivity index (χ0v) is 13.4. The van der Waals surface area contributed by atoms with E-state index in [1.165, 1.54) is 6.92 Å². The Morgan fingerprint density at radius 2 is 1.95 bits per heavy atom. The maximum atomic E-state index is 12.2. The third-order valence-corrected chi connectivity index (χ3v) is 5.24. The molecule has 10 heteroatoms. The van der Waals surface area contributed by atoms with Crippen molar-refractivity contribution in [1.82, 2.24) is 4.72 Å². The number of sulfone groups is 1. The van der Waals surface area contributed by atoms with Crippen LogP contribution >= 0.6 is 0 Å². The van der Waals surface area contributed by atoms with E-state index in [1.807, 2.05) is 0 Å². The van der Waals surface area contributed by atoms with Crippen LogP contribution in [0.3, 0.4) is 0 Å². The number of furan rings is 1. The predicted octanol–water partition coefficient (Wildman–Crippen LogP) is 0.252. The normalized spacial score (nSPS) is 14.0. The number of hydrogen-bond donors (Lipinski definition) is 2. The van der Waals surface area contributed by atoms with Crippen LogP contribution in [0.5, 0.6) is 0 Å². The van der Waals surface area contributed by atoms with Crippen molar-refractivity contribution >= 4 is 25.8 Å². The highest BCUT2D eigenvalue weighted by atomic mass is 32.2. The van der Waals surface area contributed by atoms with Gasteiger partial charge in [-0.1, -0.05) is 6.92 Å². The van der Waals surface area contributed by atoms with Gasteiger partial charge in [0.15, 0.2) is 0 Å². The SMILES string of the molecule is CCc1oc(C(=O)O)cc1S(=O)(=O)NC(C)CS(C)(=O)=O. The van der Waals surface area contributed by atoms with E-state index in [2.05, 4.69) is 4.72 Å². The van der Waals surface area contributed by atoms with Gasteiger partial charge in [0.1, 0.15) is 20.5 Å². The highest BCUT2D eigenvalue weighted by molar-refractivity contribution is 7.91. The van der Waals surface area contributed by atoms with E-state index in [0.717, 1.165) is 12.3 Å². The first-order valence-corrected chi connectivity index (χ1v) is 9.56. The van der Waals surface area contributed by atoms with Crippen LogP contribution in [0.25, 0.3) is 0 Å². The van der Waals surface area contributed by atoms with Crippen LogP contribution in [-0.2, 0) is 26.3 Å². The molecule has 8 nitrogen and oxygen atoms in total. The number of carboxylic acids is 1. The third kappa shape index (κ3) is 4.83. The Balaban J connectivity index is 3.10. The van der Waals surface area contributed by atoms with Gasteiger partial charge in [-0.3, -0.25) is 0 Å². The zero-order chi connectivity index (χ0) is 16.4. The molecule has 21 heavy (non-hydrogen) atoms. The molecule has 1 aromatic rings. The minimum atomic E-state index is -4.06. The molecule has 1 aromatic heterocycles. The van der Waals surface area contributed by atoms with Crippen LogP contribution in [0.4, 0.5) is 0 Å². The Morgan fingerprint density at radius 1 is 1.38 bits per heavy atom. The quantitative estimate of drug-likeness (QED) is 0.728. The lowest BCUT2D eigenvalue weighted by molar-refractivity contribution is 0.0660. The summed E-state index contributed by atoms with van der Waals surface area (Å²) in [6.45, 7) is 3.02. The Bertz CT molecular complexity index is 731. The van der Waals surface area contributed by atoms with E-state index in [4.69, 9.17) is 9.52 Å². The summed E-state index contributed by atoms with van der Waals surface area (Å²) >= 11 is 0. The molecule has 0 aliphatic carbocycles. The van der Waals surface area contributed by atoms with Crippen molar-refractivity contribution in [3.8, 4) is 0 Å². The molecule has 1 atom stereocenters. The minimum absolute atomic E-state index is 0.00598. The number of aromatic carboxylic acids is 1. The molecule has 2 N–H and O–H groups in total. The summed E-state index contributed by atoms with van der Waals surface area (Å²) in [5.74, 6) is -2.22. The second-order valence-electron chi connectivity index (χ2n) is 4.67. The number of rotatable bonds is 7. The van der Waals surface area contributed by atoms with Crippen molar-refractivity contribution in [3.05, 3.63) is 17.6 Å². The van der Waals surface area contributed by atoms with E-state index >= 15 is 0 Å². The summed E-state index contributed by atoms with van der Waals surface area (Å²) in [7, 11) is -7.41. The molecule has 0 aliphatic rings. The molecule has 0 aliphatic heterocycles. The molecular weight excluding hydrogens is 322 g/mol. The predicted molar refractivity (Wildman–Crippen MR) is 74.5 cm³/mol. The monoisotopic (exact) mass is 339 g/mol. The molecule has 0 radical (unpaired) electrons. The summed E-state index contributed by atoms with van der Waals surface area (Å²) in [6.07, 6.45) is 1.18. The average Bonchev–Trinajstić information content (AvgIpc) is 2.69. The van der Waals surface area contributed by atoms with Crippen molar-refractivity contribution in [2.45, 2.75) is 31.2 Å². The van der Waals surface area contributed by atoms with Crippen LogP contribution < -0.4 is 4.72 Å². The minimum Gasteiger partial charge on any atom is -0.475 e. The van der Waals surface area contributed by atoms with Gasteiger partial charge in [-0.25, -0.2) is 26.4 Å². The maximum absolute atomic E-state index is 12.2. The number of carboxylic acid groups (broad SMARTS) is 1. The largest absolute Gasteiger partial charge is 0.475 e. The number of sulfonamides is 1. The second kappa shape index (κ2) is 6.16. The fourth-order valence-corrected chi connectivity index (χ4v) is 4.39. The van der Waals surface area contributed by atoms with Gasteiger partial charge in [-0.2, -0.15) is 0 Å². The van der Waals surface area contributed by atoms with Crippen LogP contribution in [0, 0.1) is 0 Å². The van der Waals surface area contributed by atoms with E-state index in [1.54, 1.807) is 6.92 Å². The van der Waals surface area contributed by atoms with Crippen molar-refractivity contribution in [2.24, 2.45) is 0 Å². The molecule has 1 unspecified atom stereocenters. The van der Waals surface area contributed by atoms with Crippen molar-refractivity contribution in [3.63, 3.8) is 0 Å². The highest BCUT2D eigenvalue weighted by Gasteiger charge is 2.27. The van der Waals surface area contributed by atoms with Crippen molar-refractivity contribution < 1.29 is 31.2 Å². The van der Waals surface area contributed by atoms with E-state index in [0.29, 0.717) is 0 Å². The van der Waals surface area contributed by atoms with E-state index in [-0.39, 0.29) is 22.8 Å². The average molecular weight is 339 g/mol. The van der Waals surface area contributed by atoms with Gasteiger partial charge in [0, 0.05) is 24.8 Å². The summed E-state index contributed by atoms with van der Waals surface area (Å²) in [4.78, 5) is 10.5. The first-order valence-electron chi connectivity index (χ1n) is 6.02. The fraction of sp³-hybridized carbons (Fsp3) is 0.545. The third-order valence-electron chi connectivity index (χ3n) is 2.50. The second-order valence-corrected chi connectivity index (χ2v) is 8.54. The van der Waals surface area contributed by atoms with Crippen LogP contribution in [0.1, 0.15) is 30.2 Å². The Hall–Kier alpha value is -1.39. The first kappa shape index (κ1) is 17.7. The summed E-state index contributed by atoms with van der Waals surface area (Å²) in [5.41, 5.74) is 0. The lowest BCUT2D eigenvalue weighted by atomic mass is 10.3. The number of aryl methyl sites for hydroxylation is 1. The van der Waals surface area contributed by atoms with Gasteiger partial charge >= 0.3 is 5.97 Å². The molecule has 0 saturated carbocycles. The highest BCUT2D eigenvalue weighted by Crippen LogP contribution is 2.21. The lowest BCUT2D eigenvalue weighted by Crippen LogP contribution is -2.37. The molecule has 0 aromatic carbocycles. The topological polar surface area (TPSA) is 131 Å². The lowest BCUT2D eigenvalue weighted by Gasteiger charge is -2.12. The molecule has 0 amide bonds. The summed E-state index contributed by atoms with van der Waals surface area (Å²) in [5, 5.41) is 8.83. The number of hydrogen-bond acceptors (Lipinski definition) is 6. The van der Waals surface area contributed by atoms with Crippen LogP contribution in [-0.4, -0.2) is 46.0 Å². The Labute approximate surface area is 123 Å². The van der Waals surface area contributed by atoms with Gasteiger partial charge in [0.2, 0.25) is 15.8 Å². The van der Waals surface area contributed by atoms with E-state index in [9.17, 15) is 21.6 Å². The van der Waals surface area contributed by atoms with Gasteiger partial charge in [-0.15, -0.1) is 0 Å². The fourth-order valence-electron chi connectivity index (χ4n) is 1.81. The van der Waals surface area contributed by atoms with Crippen LogP contribution in [0.15, 0.2) is 15.4 Å². The molecule has 0 fully saturated rings. The standard InChI is InChI=1S/C11H17NO7S2/c1-4-8-10(5-9(19-8)11(13)14)21(17,18)12-7(2)6-20(3,15)16/h5,7,12H,4,6H2,1-3H3,(H,13,14). The first-order chi connectivity index (χ1) is 9.46. The number of nitrogens with one attached hydrogen (secondary N) is 1.